The van der Waals surface area contributed by atoms with Crippen LogP contribution in [0.4, 0.5) is 0 Å². The van der Waals surface area contributed by atoms with E-state index < -0.39 is 0 Å². The molecule has 0 saturated carbocycles. The fourth-order valence-electron chi connectivity index (χ4n) is 1.50. The quantitative estimate of drug-likeness (QED) is 0.436. The highest BCUT2D eigenvalue weighted by Crippen LogP contribution is 2.09. The van der Waals surface area contributed by atoms with Crippen LogP contribution in [-0.2, 0) is 0 Å². The Morgan fingerprint density at radius 2 is 1.82 bits per heavy atom. The fourth-order valence-corrected chi connectivity index (χ4v) is 1.50. The van der Waals surface area contributed by atoms with Crippen molar-refractivity contribution in [2.75, 3.05) is 39.3 Å². The molecule has 1 rings (SSSR count). The molecule has 1 saturated heterocycles. The monoisotopic (exact) mass is 158 g/mol. The standard InChI is InChI=1S/C8H18N2O/c1-3-9-5-7-10(11,4-2)8-6-9/h3-8H2,1-2H3. The highest BCUT2D eigenvalue weighted by Gasteiger charge is 2.22. The molecular formula is C8H18N2O. The van der Waals surface area contributed by atoms with Crippen molar-refractivity contribution in [2.45, 2.75) is 13.8 Å². The normalized spacial score (nSPS) is 25.4. The van der Waals surface area contributed by atoms with Crippen LogP contribution in [0.5, 0.6) is 0 Å². The van der Waals surface area contributed by atoms with Crippen LogP contribution >= 0.6 is 0 Å². The van der Waals surface area contributed by atoms with Gasteiger partial charge in [-0.15, -0.1) is 0 Å². The second-order valence-corrected chi connectivity index (χ2v) is 3.26. The molecule has 3 nitrogen and oxygen atoms in total. The molecule has 0 bridgehead atoms. The zero-order chi connectivity index (χ0) is 8.32. The van der Waals surface area contributed by atoms with Crippen LogP contribution in [-0.4, -0.2) is 48.8 Å². The minimum atomic E-state index is 0.0243. The van der Waals surface area contributed by atoms with Gasteiger partial charge in [0.15, 0.2) is 0 Å². The van der Waals surface area contributed by atoms with Crippen molar-refractivity contribution in [3.63, 3.8) is 0 Å². The van der Waals surface area contributed by atoms with Crippen molar-refractivity contribution in [1.82, 2.24) is 4.90 Å². The Balaban J connectivity index is 2.35. The molecule has 3 heteroatoms. The summed E-state index contributed by atoms with van der Waals surface area (Å²) in [5.41, 5.74) is 0. The second-order valence-electron chi connectivity index (χ2n) is 3.26. The van der Waals surface area contributed by atoms with Gasteiger partial charge in [0.1, 0.15) is 0 Å². The maximum atomic E-state index is 11.7. The number of hydrogen-bond acceptors (Lipinski definition) is 2. The lowest BCUT2D eigenvalue weighted by Gasteiger charge is -2.47. The van der Waals surface area contributed by atoms with E-state index in [1.165, 1.54) is 0 Å². The van der Waals surface area contributed by atoms with E-state index in [0.717, 1.165) is 39.3 Å². The summed E-state index contributed by atoms with van der Waals surface area (Å²) < 4.78 is 0.0243. The first-order valence-corrected chi connectivity index (χ1v) is 4.49. The number of nitrogens with zero attached hydrogens (tertiary/aromatic N) is 2. The summed E-state index contributed by atoms with van der Waals surface area (Å²) in [6.45, 7) is 9.48. The average Bonchev–Trinajstić information content (AvgIpc) is 2.06. The molecule has 0 unspecified atom stereocenters. The fraction of sp³-hybridized carbons (Fsp3) is 1.00. The molecule has 11 heavy (non-hydrogen) atoms. The van der Waals surface area contributed by atoms with Gasteiger partial charge in [-0.2, -0.15) is 0 Å². The Hall–Kier alpha value is -0.120. The molecule has 0 N–H and O–H groups in total. The van der Waals surface area contributed by atoms with Crippen molar-refractivity contribution in [3.8, 4) is 0 Å². The number of quaternary nitrogens is 1. The van der Waals surface area contributed by atoms with Gasteiger partial charge in [-0.1, -0.05) is 6.92 Å². The van der Waals surface area contributed by atoms with Crippen LogP contribution in [0.3, 0.4) is 0 Å². The van der Waals surface area contributed by atoms with Gasteiger partial charge in [0.2, 0.25) is 0 Å². The van der Waals surface area contributed by atoms with Gasteiger partial charge in [-0.05, 0) is 13.5 Å². The van der Waals surface area contributed by atoms with Gasteiger partial charge in [-0.25, -0.2) is 0 Å². The van der Waals surface area contributed by atoms with Crippen LogP contribution in [0.25, 0.3) is 0 Å². The maximum Gasteiger partial charge on any atom is 0.0913 e. The molecule has 0 radical (unpaired) electrons. The number of likely N-dealkylation sites (N-methyl/N-ethyl adjacent to an activating group) is 2. The zero-order valence-electron chi connectivity index (χ0n) is 7.55. The molecule has 0 aromatic carbocycles. The predicted molar refractivity (Wildman–Crippen MR) is 46.0 cm³/mol. The topological polar surface area (TPSA) is 26.3 Å². The van der Waals surface area contributed by atoms with E-state index in [-0.39, 0.29) is 4.65 Å². The molecule has 0 atom stereocenters. The Kier molecular flexibility index (Phi) is 2.87. The number of rotatable bonds is 2. The van der Waals surface area contributed by atoms with Crippen molar-refractivity contribution in [2.24, 2.45) is 0 Å². The third-order valence-corrected chi connectivity index (χ3v) is 2.67. The maximum absolute atomic E-state index is 11.7. The summed E-state index contributed by atoms with van der Waals surface area (Å²) >= 11 is 0. The Labute approximate surface area is 68.8 Å². The number of piperazine rings is 1. The van der Waals surface area contributed by atoms with Gasteiger partial charge in [-0.3, -0.25) is 4.90 Å². The summed E-state index contributed by atoms with van der Waals surface area (Å²) in [6.07, 6.45) is 0. The molecule has 1 aliphatic heterocycles. The average molecular weight is 158 g/mol. The molecule has 0 spiro atoms. The van der Waals surface area contributed by atoms with E-state index in [0.29, 0.717) is 0 Å². The van der Waals surface area contributed by atoms with Crippen LogP contribution in [0.1, 0.15) is 13.8 Å². The Morgan fingerprint density at radius 3 is 2.18 bits per heavy atom. The zero-order valence-corrected chi connectivity index (χ0v) is 7.55. The van der Waals surface area contributed by atoms with E-state index in [2.05, 4.69) is 11.8 Å². The minimum Gasteiger partial charge on any atom is -0.633 e. The molecule has 1 aliphatic rings. The molecular weight excluding hydrogens is 140 g/mol. The summed E-state index contributed by atoms with van der Waals surface area (Å²) in [5.74, 6) is 0. The smallest absolute Gasteiger partial charge is 0.0913 e. The lowest BCUT2D eigenvalue weighted by Crippen LogP contribution is -2.55. The SMILES string of the molecule is CCN1CC[N+]([O-])(CC)CC1. The van der Waals surface area contributed by atoms with Crippen LogP contribution in [0.15, 0.2) is 0 Å². The largest absolute Gasteiger partial charge is 0.633 e. The van der Waals surface area contributed by atoms with E-state index in [4.69, 9.17) is 0 Å². The Morgan fingerprint density at radius 1 is 1.27 bits per heavy atom. The van der Waals surface area contributed by atoms with E-state index in [1.807, 2.05) is 6.92 Å². The highest BCUT2D eigenvalue weighted by molar-refractivity contribution is 4.61. The van der Waals surface area contributed by atoms with Gasteiger partial charge in [0.05, 0.1) is 19.6 Å². The molecule has 0 aromatic heterocycles. The summed E-state index contributed by atoms with van der Waals surface area (Å²) in [4.78, 5) is 2.34. The first-order valence-electron chi connectivity index (χ1n) is 4.49. The minimum absolute atomic E-state index is 0.0243. The predicted octanol–water partition coefficient (Wildman–Crippen LogP) is 0.656. The second kappa shape index (κ2) is 3.52. The molecule has 1 fully saturated rings. The molecule has 0 amide bonds. The number of hydrogen-bond donors (Lipinski definition) is 0. The van der Waals surface area contributed by atoms with Crippen molar-refractivity contribution in [1.29, 1.82) is 0 Å². The lowest BCUT2D eigenvalue weighted by molar-refractivity contribution is -0.883. The van der Waals surface area contributed by atoms with Gasteiger partial charge >= 0.3 is 0 Å². The summed E-state index contributed by atoms with van der Waals surface area (Å²) in [6, 6.07) is 0. The molecule has 1 heterocycles. The van der Waals surface area contributed by atoms with Crippen LogP contribution in [0.2, 0.25) is 0 Å². The van der Waals surface area contributed by atoms with Gasteiger partial charge in [0.25, 0.3) is 0 Å². The van der Waals surface area contributed by atoms with Gasteiger partial charge in [0, 0.05) is 13.1 Å². The lowest BCUT2D eigenvalue weighted by atomic mass is 10.3. The van der Waals surface area contributed by atoms with Crippen molar-refractivity contribution >= 4 is 0 Å². The first-order chi connectivity index (χ1) is 5.20. The van der Waals surface area contributed by atoms with Crippen molar-refractivity contribution in [3.05, 3.63) is 5.21 Å². The summed E-state index contributed by atoms with van der Waals surface area (Å²) in [7, 11) is 0. The highest BCUT2D eigenvalue weighted by atomic mass is 16.5. The van der Waals surface area contributed by atoms with Crippen LogP contribution in [0, 0.1) is 5.21 Å². The molecule has 0 aromatic rings. The van der Waals surface area contributed by atoms with E-state index >= 15 is 0 Å². The number of hydroxylamine groups is 3. The van der Waals surface area contributed by atoms with Crippen LogP contribution < -0.4 is 0 Å². The van der Waals surface area contributed by atoms with E-state index in [1.54, 1.807) is 0 Å². The molecule has 66 valence electrons. The molecule has 0 aliphatic carbocycles. The van der Waals surface area contributed by atoms with Gasteiger partial charge < -0.3 is 9.85 Å². The van der Waals surface area contributed by atoms with Crippen molar-refractivity contribution < 1.29 is 4.65 Å². The summed E-state index contributed by atoms with van der Waals surface area (Å²) in [5, 5.41) is 11.7. The third-order valence-electron chi connectivity index (χ3n) is 2.67. The third kappa shape index (κ3) is 2.15. The Bertz CT molecular complexity index is 119. The van der Waals surface area contributed by atoms with E-state index in [9.17, 15) is 5.21 Å². The first kappa shape index (κ1) is 8.97.